The van der Waals surface area contributed by atoms with Crippen molar-refractivity contribution in [1.82, 2.24) is 5.06 Å². The fourth-order valence-corrected chi connectivity index (χ4v) is 2.19. The average Bonchev–Trinajstić information content (AvgIpc) is 2.81. The molecule has 2 aromatic carbocycles. The molecule has 0 saturated carbocycles. The largest absolute Gasteiger partial charge is 0.285 e. The lowest BCUT2D eigenvalue weighted by molar-refractivity contribution is -0.0782. The molecule has 0 aromatic heterocycles. The third-order valence-corrected chi connectivity index (χ3v) is 3.28. The summed E-state index contributed by atoms with van der Waals surface area (Å²) in [6.45, 7) is -0.00168. The van der Waals surface area contributed by atoms with Crippen LogP contribution in [0, 0.1) is 11.8 Å². The van der Waals surface area contributed by atoms with Crippen molar-refractivity contribution in [1.29, 1.82) is 0 Å². The topological polar surface area (TPSA) is 46.6 Å². The molecule has 1 aliphatic heterocycles. The van der Waals surface area contributed by atoms with Gasteiger partial charge in [-0.25, -0.2) is 4.84 Å². The molecule has 4 heteroatoms. The molecule has 2 amide bonds. The van der Waals surface area contributed by atoms with E-state index >= 15 is 0 Å². The van der Waals surface area contributed by atoms with Gasteiger partial charge in [-0.2, -0.15) is 0 Å². The van der Waals surface area contributed by atoms with Crippen molar-refractivity contribution in [3.8, 4) is 11.8 Å². The van der Waals surface area contributed by atoms with E-state index in [9.17, 15) is 9.59 Å². The number of benzene rings is 2. The Morgan fingerprint density at radius 2 is 1.41 bits per heavy atom. The van der Waals surface area contributed by atoms with Gasteiger partial charge in [0, 0.05) is 6.42 Å². The monoisotopic (exact) mass is 291 g/mol. The Balaban J connectivity index is 1.58. The van der Waals surface area contributed by atoms with E-state index in [1.165, 1.54) is 0 Å². The molecule has 0 saturated heterocycles. The first-order chi connectivity index (χ1) is 10.8. The van der Waals surface area contributed by atoms with E-state index in [0.29, 0.717) is 17.5 Å². The van der Waals surface area contributed by atoms with Crippen molar-refractivity contribution in [3.63, 3.8) is 0 Å². The van der Waals surface area contributed by atoms with Crippen molar-refractivity contribution in [2.75, 3.05) is 6.61 Å². The number of carbonyl (C=O) groups is 2. The quantitative estimate of drug-likeness (QED) is 0.644. The summed E-state index contributed by atoms with van der Waals surface area (Å²) in [5.41, 5.74) is 1.84. The summed E-state index contributed by atoms with van der Waals surface area (Å²) < 4.78 is 0. The van der Waals surface area contributed by atoms with E-state index in [4.69, 9.17) is 4.84 Å². The molecule has 0 spiro atoms. The van der Waals surface area contributed by atoms with Gasteiger partial charge in [-0.1, -0.05) is 54.3 Å². The third kappa shape index (κ3) is 2.76. The molecule has 0 aliphatic carbocycles. The van der Waals surface area contributed by atoms with Gasteiger partial charge in [0.05, 0.1) is 11.1 Å². The maximum atomic E-state index is 12.0. The van der Waals surface area contributed by atoms with E-state index in [2.05, 4.69) is 11.8 Å². The van der Waals surface area contributed by atoms with Gasteiger partial charge in [0.2, 0.25) is 0 Å². The summed E-state index contributed by atoms with van der Waals surface area (Å²) in [6, 6.07) is 16.5. The lowest BCUT2D eigenvalue weighted by Crippen LogP contribution is -2.30. The average molecular weight is 291 g/mol. The lowest BCUT2D eigenvalue weighted by Gasteiger charge is -2.10. The third-order valence-electron chi connectivity index (χ3n) is 3.28. The molecular formula is C18H13NO3. The van der Waals surface area contributed by atoms with Crippen LogP contribution < -0.4 is 0 Å². The molecule has 0 bridgehead atoms. The summed E-state index contributed by atoms with van der Waals surface area (Å²) in [6.07, 6.45) is 0.603. The molecule has 0 atom stereocenters. The number of hydrogen-bond acceptors (Lipinski definition) is 3. The number of fused-ring (bicyclic) bond motifs is 1. The molecule has 0 radical (unpaired) electrons. The van der Waals surface area contributed by atoms with Crippen molar-refractivity contribution in [2.45, 2.75) is 6.42 Å². The van der Waals surface area contributed by atoms with Crippen molar-refractivity contribution in [2.24, 2.45) is 0 Å². The molecule has 2 aromatic rings. The van der Waals surface area contributed by atoms with Crippen LogP contribution in [0.5, 0.6) is 0 Å². The molecule has 0 fully saturated rings. The van der Waals surface area contributed by atoms with E-state index in [1.807, 2.05) is 30.3 Å². The van der Waals surface area contributed by atoms with Gasteiger partial charge in [0.1, 0.15) is 6.61 Å². The van der Waals surface area contributed by atoms with Crippen molar-refractivity contribution < 1.29 is 14.4 Å². The highest BCUT2D eigenvalue weighted by atomic mass is 16.7. The number of rotatable bonds is 3. The Morgan fingerprint density at radius 1 is 0.818 bits per heavy atom. The smallest absolute Gasteiger partial charge is 0.266 e. The molecule has 22 heavy (non-hydrogen) atoms. The number of imide groups is 1. The minimum Gasteiger partial charge on any atom is -0.266 e. The number of nitrogens with zero attached hydrogens (tertiary/aromatic N) is 1. The molecule has 108 valence electrons. The van der Waals surface area contributed by atoms with Gasteiger partial charge in [-0.05, 0) is 17.7 Å². The minimum absolute atomic E-state index is 0.00168. The maximum Gasteiger partial charge on any atom is 0.285 e. The highest BCUT2D eigenvalue weighted by molar-refractivity contribution is 6.20. The Hall–Kier alpha value is -2.90. The summed E-state index contributed by atoms with van der Waals surface area (Å²) in [4.78, 5) is 29.3. The number of hydroxylamine groups is 2. The Bertz CT molecular complexity index is 737. The van der Waals surface area contributed by atoms with Crippen LogP contribution in [0.2, 0.25) is 0 Å². The molecule has 4 nitrogen and oxygen atoms in total. The standard InChI is InChI=1S/C18H13NO3/c20-17-15-11-4-5-12-16(15)18(21)19(17)22-13-7-6-10-14-8-2-1-3-9-14/h1-5,8-9,11-12H,10,13H2. The SMILES string of the molecule is O=C1c2ccccc2C(=O)N1OCC#CCc1ccccc1. The van der Waals surface area contributed by atoms with Crippen LogP contribution in [0.25, 0.3) is 0 Å². The maximum absolute atomic E-state index is 12.0. The van der Waals surface area contributed by atoms with Gasteiger partial charge in [0.15, 0.2) is 0 Å². The lowest BCUT2D eigenvalue weighted by atomic mass is 10.1. The van der Waals surface area contributed by atoms with Gasteiger partial charge < -0.3 is 0 Å². The van der Waals surface area contributed by atoms with Crippen molar-refractivity contribution in [3.05, 3.63) is 71.3 Å². The van der Waals surface area contributed by atoms with E-state index in [-0.39, 0.29) is 6.61 Å². The minimum atomic E-state index is -0.439. The van der Waals surface area contributed by atoms with E-state index in [0.717, 1.165) is 10.6 Å². The van der Waals surface area contributed by atoms with Crippen LogP contribution >= 0.6 is 0 Å². The predicted molar refractivity (Wildman–Crippen MR) is 80.8 cm³/mol. The van der Waals surface area contributed by atoms with Crippen LogP contribution in [-0.2, 0) is 11.3 Å². The number of carbonyl (C=O) groups excluding carboxylic acids is 2. The first-order valence-electron chi connectivity index (χ1n) is 6.88. The van der Waals surface area contributed by atoms with E-state index in [1.54, 1.807) is 24.3 Å². The van der Waals surface area contributed by atoms with Crippen LogP contribution in [0.15, 0.2) is 54.6 Å². The van der Waals surface area contributed by atoms with Gasteiger partial charge >= 0.3 is 0 Å². The molecule has 3 rings (SSSR count). The van der Waals surface area contributed by atoms with Crippen LogP contribution in [0.4, 0.5) is 0 Å². The summed E-state index contributed by atoms with van der Waals surface area (Å²) in [7, 11) is 0. The summed E-state index contributed by atoms with van der Waals surface area (Å²) in [5, 5.41) is 0.780. The van der Waals surface area contributed by atoms with Gasteiger partial charge in [-0.15, -0.1) is 5.06 Å². The van der Waals surface area contributed by atoms with Gasteiger partial charge in [0.25, 0.3) is 11.8 Å². The van der Waals surface area contributed by atoms with Crippen LogP contribution in [0.3, 0.4) is 0 Å². The zero-order valence-corrected chi connectivity index (χ0v) is 11.8. The fourth-order valence-electron chi connectivity index (χ4n) is 2.19. The summed E-state index contributed by atoms with van der Waals surface area (Å²) in [5.74, 6) is 4.88. The first kappa shape index (κ1) is 14.1. The normalized spacial score (nSPS) is 12.8. The molecule has 0 unspecified atom stereocenters. The molecular weight excluding hydrogens is 278 g/mol. The van der Waals surface area contributed by atoms with Crippen LogP contribution in [0.1, 0.15) is 26.3 Å². The summed E-state index contributed by atoms with van der Waals surface area (Å²) >= 11 is 0. The fraction of sp³-hybridized carbons (Fsp3) is 0.111. The zero-order valence-electron chi connectivity index (χ0n) is 11.8. The highest BCUT2D eigenvalue weighted by Crippen LogP contribution is 2.22. The van der Waals surface area contributed by atoms with Crippen molar-refractivity contribution >= 4 is 11.8 Å². The van der Waals surface area contributed by atoms with Gasteiger partial charge in [-0.3, -0.25) is 9.59 Å². The molecule has 1 aliphatic rings. The molecule has 0 N–H and O–H groups in total. The predicted octanol–water partition coefficient (Wildman–Crippen LogP) is 2.46. The van der Waals surface area contributed by atoms with E-state index < -0.39 is 11.8 Å². The molecule has 1 heterocycles. The first-order valence-corrected chi connectivity index (χ1v) is 6.88. The highest BCUT2D eigenvalue weighted by Gasteiger charge is 2.36. The second kappa shape index (κ2) is 6.25. The second-order valence-corrected chi connectivity index (χ2v) is 4.74. The Morgan fingerprint density at radius 3 is 2.05 bits per heavy atom. The Kier molecular flexibility index (Phi) is 3.99. The van der Waals surface area contributed by atoms with Crippen LogP contribution in [-0.4, -0.2) is 23.5 Å². The number of amides is 2. The number of hydrogen-bond donors (Lipinski definition) is 0. The Labute approximate surface area is 128 Å². The zero-order chi connectivity index (χ0) is 15.4. The second-order valence-electron chi connectivity index (χ2n) is 4.74.